The van der Waals surface area contributed by atoms with Crippen molar-refractivity contribution in [3.63, 3.8) is 0 Å². The lowest BCUT2D eigenvalue weighted by Gasteiger charge is -2.17. The second kappa shape index (κ2) is 7.59. The van der Waals surface area contributed by atoms with Crippen LogP contribution in [0, 0.1) is 5.92 Å². The minimum atomic E-state index is -4.49. The van der Waals surface area contributed by atoms with E-state index in [0.29, 0.717) is 6.42 Å². The van der Waals surface area contributed by atoms with E-state index in [2.05, 4.69) is 4.76 Å². The summed E-state index contributed by atoms with van der Waals surface area (Å²) in [5.74, 6) is 0.00767. The van der Waals surface area contributed by atoms with Crippen molar-refractivity contribution in [1.82, 2.24) is 0 Å². The zero-order chi connectivity index (χ0) is 16.9. The molecule has 2 rings (SSSR count). The first kappa shape index (κ1) is 17.5. The molecule has 0 fully saturated rings. The van der Waals surface area contributed by atoms with E-state index in [9.17, 15) is 14.8 Å². The molecule has 6 nitrogen and oxygen atoms in total. The largest absolute Gasteiger partial charge is 0.508 e. The highest BCUT2D eigenvalue weighted by Crippen LogP contribution is 2.38. The van der Waals surface area contributed by atoms with Crippen molar-refractivity contribution >= 4 is 13.5 Å². The highest BCUT2D eigenvalue weighted by Gasteiger charge is 2.20. The third-order valence-corrected chi connectivity index (χ3v) is 4.06. The number of hydrogen-bond donors (Lipinski definition) is 4. The van der Waals surface area contributed by atoms with Crippen LogP contribution in [0.4, 0.5) is 0 Å². The topological polar surface area (TPSA) is 110 Å². The summed E-state index contributed by atoms with van der Waals surface area (Å²) in [6.07, 6.45) is 7.47. The maximum absolute atomic E-state index is 11.0. The van der Waals surface area contributed by atoms with Crippen molar-refractivity contribution in [2.45, 2.75) is 25.7 Å². The van der Waals surface area contributed by atoms with Crippen LogP contribution in [0.15, 0.2) is 53.0 Å². The van der Waals surface area contributed by atoms with Gasteiger partial charge in [0.2, 0.25) is 0 Å². The van der Waals surface area contributed by atoms with Crippen LogP contribution in [0.25, 0.3) is 0 Å². The molecule has 1 aromatic carbocycles. The minimum Gasteiger partial charge on any atom is -0.508 e. The van der Waals surface area contributed by atoms with Crippen LogP contribution < -0.4 is 0 Å². The Balaban J connectivity index is 1.91. The van der Waals surface area contributed by atoms with Crippen LogP contribution >= 0.6 is 7.75 Å². The van der Waals surface area contributed by atoms with Gasteiger partial charge in [-0.15, -0.1) is 0 Å². The molecule has 0 radical (unpaired) electrons. The van der Waals surface area contributed by atoms with Crippen molar-refractivity contribution in [2.75, 3.05) is 0 Å². The van der Waals surface area contributed by atoms with E-state index in [-0.39, 0.29) is 23.1 Å². The Bertz CT molecular complexity index is 689. The number of nitrogens with zero attached hydrogens (tertiary/aromatic N) is 1. The highest BCUT2D eigenvalue weighted by molar-refractivity contribution is 7.50. The number of allylic oxidation sites excluding steroid dienone is 3. The summed E-state index contributed by atoms with van der Waals surface area (Å²) < 4.78 is 14.5. The molecule has 1 aromatic rings. The van der Waals surface area contributed by atoms with Crippen molar-refractivity contribution < 1.29 is 24.6 Å². The Morgan fingerprint density at radius 1 is 1.13 bits per heavy atom. The molecular weight excluding hydrogens is 317 g/mol. The molecule has 4 N–H and O–H groups in total. The number of phenolic OH excluding ortho intramolecular Hbond substituents is 1. The Hall–Kier alpha value is -1.88. The Labute approximate surface area is 134 Å². The van der Waals surface area contributed by atoms with Gasteiger partial charge in [-0.05, 0) is 55.2 Å². The average Bonchev–Trinajstić information content (AvgIpc) is 2.45. The van der Waals surface area contributed by atoms with Gasteiger partial charge in [-0.1, -0.05) is 18.6 Å². The molecule has 0 aliphatic heterocycles. The van der Waals surface area contributed by atoms with Crippen LogP contribution in [0.1, 0.15) is 24.8 Å². The normalized spacial score (nSPS) is 19.8. The number of hydrogen-bond acceptors (Lipinski definition) is 3. The molecule has 0 amide bonds. The summed E-state index contributed by atoms with van der Waals surface area (Å²) >= 11 is 0. The number of benzene rings is 1. The molecule has 0 spiro atoms. The number of aliphatic hydroxyl groups is 1. The molecule has 23 heavy (non-hydrogen) atoms. The Morgan fingerprint density at radius 3 is 2.61 bits per heavy atom. The standard InChI is InChI=1S/C16H20NO5P/c18-14-7-3-5-12(10-14)4-1-2-6-13-11-15(19)8-9-16(13)17-23(20,21)22/h3,5,7-11,13,18-19H,1-2,4,6H2,(H2,20,21,22)/b17-16+. The molecule has 1 unspecified atom stereocenters. The lowest BCUT2D eigenvalue weighted by Crippen LogP contribution is -2.14. The van der Waals surface area contributed by atoms with Gasteiger partial charge in [-0.2, -0.15) is 4.76 Å². The van der Waals surface area contributed by atoms with Crippen LogP contribution in [0.2, 0.25) is 0 Å². The number of aliphatic hydroxyl groups excluding tert-OH is 1. The molecule has 0 bridgehead atoms. The van der Waals surface area contributed by atoms with Gasteiger partial charge < -0.3 is 20.0 Å². The van der Waals surface area contributed by atoms with Crippen molar-refractivity contribution in [2.24, 2.45) is 10.7 Å². The third kappa shape index (κ3) is 6.02. The maximum atomic E-state index is 11.0. The van der Waals surface area contributed by atoms with E-state index in [1.54, 1.807) is 24.3 Å². The van der Waals surface area contributed by atoms with E-state index in [0.717, 1.165) is 24.8 Å². The molecule has 0 aromatic heterocycles. The summed E-state index contributed by atoms with van der Waals surface area (Å²) in [5.41, 5.74) is 1.32. The van der Waals surface area contributed by atoms with Crippen LogP contribution in [-0.4, -0.2) is 25.7 Å². The smallest absolute Gasteiger partial charge is 0.448 e. The molecule has 1 aliphatic carbocycles. The predicted molar refractivity (Wildman–Crippen MR) is 88.5 cm³/mol. The summed E-state index contributed by atoms with van der Waals surface area (Å²) in [6, 6.07) is 7.07. The highest BCUT2D eigenvalue weighted by atomic mass is 31.2. The van der Waals surface area contributed by atoms with Crippen LogP contribution in [0.3, 0.4) is 0 Å². The van der Waals surface area contributed by atoms with Gasteiger partial charge in [0.05, 0.1) is 5.71 Å². The first-order valence-electron chi connectivity index (χ1n) is 7.36. The Kier molecular flexibility index (Phi) is 5.77. The number of aryl methyl sites for hydroxylation is 1. The first-order valence-corrected chi connectivity index (χ1v) is 8.92. The van der Waals surface area contributed by atoms with Crippen LogP contribution in [0.5, 0.6) is 5.75 Å². The van der Waals surface area contributed by atoms with Gasteiger partial charge in [0.25, 0.3) is 0 Å². The first-order chi connectivity index (χ1) is 10.8. The molecule has 1 aliphatic rings. The SMILES string of the molecule is O=P(O)(O)/N=C1\C=CC(O)=CC1CCCCc1cccc(O)c1. The van der Waals surface area contributed by atoms with E-state index >= 15 is 0 Å². The lowest BCUT2D eigenvalue weighted by molar-refractivity contribution is 0.374. The number of unbranched alkanes of at least 4 members (excludes halogenated alkanes) is 1. The van der Waals surface area contributed by atoms with Gasteiger partial charge in [0, 0.05) is 5.92 Å². The van der Waals surface area contributed by atoms with Gasteiger partial charge in [0.15, 0.2) is 0 Å². The Morgan fingerprint density at radius 2 is 1.91 bits per heavy atom. The van der Waals surface area contributed by atoms with Gasteiger partial charge in [0.1, 0.15) is 11.5 Å². The molecule has 0 saturated heterocycles. The van der Waals surface area contributed by atoms with E-state index in [1.165, 1.54) is 12.2 Å². The fourth-order valence-corrected chi connectivity index (χ4v) is 3.05. The molecule has 124 valence electrons. The van der Waals surface area contributed by atoms with Crippen LogP contribution in [-0.2, 0) is 11.0 Å². The summed E-state index contributed by atoms with van der Waals surface area (Å²) in [7, 11) is -4.49. The van der Waals surface area contributed by atoms with Crippen molar-refractivity contribution in [3.8, 4) is 5.75 Å². The average molecular weight is 337 g/mol. The van der Waals surface area contributed by atoms with E-state index in [1.807, 2.05) is 6.07 Å². The maximum Gasteiger partial charge on any atom is 0.448 e. The van der Waals surface area contributed by atoms with E-state index < -0.39 is 7.75 Å². The zero-order valence-corrected chi connectivity index (χ0v) is 13.4. The minimum absolute atomic E-state index is 0.0765. The van der Waals surface area contributed by atoms with Gasteiger partial charge in [-0.3, -0.25) is 0 Å². The monoisotopic (exact) mass is 337 g/mol. The summed E-state index contributed by atoms with van der Waals surface area (Å²) in [5, 5.41) is 19.0. The van der Waals surface area contributed by atoms with Gasteiger partial charge >= 0.3 is 7.75 Å². The quantitative estimate of drug-likeness (QED) is 0.470. The zero-order valence-electron chi connectivity index (χ0n) is 12.5. The second-order valence-corrected chi connectivity index (χ2v) is 6.71. The fourth-order valence-electron chi connectivity index (χ4n) is 2.54. The van der Waals surface area contributed by atoms with Crippen molar-refractivity contribution in [1.29, 1.82) is 0 Å². The van der Waals surface area contributed by atoms with E-state index in [4.69, 9.17) is 9.79 Å². The number of rotatable bonds is 6. The predicted octanol–water partition coefficient (Wildman–Crippen LogP) is 3.27. The molecule has 1 atom stereocenters. The number of phenols is 1. The third-order valence-electron chi connectivity index (χ3n) is 3.56. The molecule has 0 saturated carbocycles. The molecular formula is C16H20NO5P. The molecule has 7 heteroatoms. The summed E-state index contributed by atoms with van der Waals surface area (Å²) in [4.78, 5) is 18.0. The molecule has 0 heterocycles. The van der Waals surface area contributed by atoms with Gasteiger partial charge in [-0.25, -0.2) is 4.57 Å². The summed E-state index contributed by atoms with van der Waals surface area (Å²) in [6.45, 7) is 0. The number of aromatic hydroxyl groups is 1. The van der Waals surface area contributed by atoms with Crippen molar-refractivity contribution in [3.05, 3.63) is 53.8 Å². The fraction of sp³-hybridized carbons (Fsp3) is 0.312. The lowest BCUT2D eigenvalue weighted by atomic mass is 9.91. The second-order valence-electron chi connectivity index (χ2n) is 5.49.